The molecular weight excluding hydrogens is 350 g/mol. The van der Waals surface area contributed by atoms with E-state index in [-0.39, 0.29) is 11.9 Å². The molecule has 0 spiro atoms. The van der Waals surface area contributed by atoms with E-state index in [1.165, 1.54) is 18.4 Å². The van der Waals surface area contributed by atoms with Crippen molar-refractivity contribution in [2.75, 3.05) is 18.4 Å². The second kappa shape index (κ2) is 6.97. The highest BCUT2D eigenvalue weighted by atomic mass is 16.2. The molecule has 2 fully saturated rings. The summed E-state index contributed by atoms with van der Waals surface area (Å²) in [5.74, 6) is 0.900. The van der Waals surface area contributed by atoms with E-state index < -0.39 is 0 Å². The second-order valence-corrected chi connectivity index (χ2v) is 8.10. The van der Waals surface area contributed by atoms with Gasteiger partial charge in [0.25, 0.3) is 5.91 Å². The zero-order valence-corrected chi connectivity index (χ0v) is 15.9. The van der Waals surface area contributed by atoms with Crippen LogP contribution in [0.1, 0.15) is 46.7 Å². The lowest BCUT2D eigenvalue weighted by atomic mass is 9.87. The molecule has 3 unspecified atom stereocenters. The number of likely N-dealkylation sites (tertiary alicyclic amines) is 1. The van der Waals surface area contributed by atoms with Crippen molar-refractivity contribution >= 4 is 17.6 Å². The molecule has 5 rings (SSSR count). The molecule has 2 aromatic carbocycles. The van der Waals surface area contributed by atoms with E-state index in [1.54, 1.807) is 0 Å². The lowest BCUT2D eigenvalue weighted by molar-refractivity contribution is 0.0946. The standard InChI is InChI=1S/C23H25N3O2/c27-22-18-9-4-10-20(16(18)12-13-24-22)25-23(28)26-14-19(15-6-2-1-3-7-15)17-8-5-11-21(17)26/h1-4,6-7,9-10,17,19,21H,5,8,11-14H2,(H,24,27)(H,25,28). The number of hydrogen-bond acceptors (Lipinski definition) is 2. The predicted molar refractivity (Wildman–Crippen MR) is 109 cm³/mol. The summed E-state index contributed by atoms with van der Waals surface area (Å²) in [6, 6.07) is 16.5. The van der Waals surface area contributed by atoms with Crippen LogP contribution in [-0.4, -0.2) is 36.0 Å². The summed E-state index contributed by atoms with van der Waals surface area (Å²) in [4.78, 5) is 27.4. The largest absolute Gasteiger partial charge is 0.352 e. The molecule has 2 N–H and O–H groups in total. The van der Waals surface area contributed by atoms with Gasteiger partial charge in [-0.05, 0) is 48.4 Å². The van der Waals surface area contributed by atoms with Gasteiger partial charge in [0, 0.05) is 36.3 Å². The van der Waals surface area contributed by atoms with Gasteiger partial charge < -0.3 is 15.5 Å². The monoisotopic (exact) mass is 375 g/mol. The first-order valence-electron chi connectivity index (χ1n) is 10.2. The van der Waals surface area contributed by atoms with Gasteiger partial charge in [0.15, 0.2) is 0 Å². The molecule has 2 aliphatic heterocycles. The van der Waals surface area contributed by atoms with Crippen molar-refractivity contribution in [2.24, 2.45) is 5.92 Å². The predicted octanol–water partition coefficient (Wildman–Crippen LogP) is 3.77. The van der Waals surface area contributed by atoms with Crippen molar-refractivity contribution in [3.8, 4) is 0 Å². The first-order chi connectivity index (χ1) is 13.7. The topological polar surface area (TPSA) is 61.4 Å². The summed E-state index contributed by atoms with van der Waals surface area (Å²) in [6.45, 7) is 1.38. The fourth-order valence-electron chi connectivity index (χ4n) is 5.36. The number of fused-ring (bicyclic) bond motifs is 2. The van der Waals surface area contributed by atoms with Crippen molar-refractivity contribution in [1.29, 1.82) is 0 Å². The summed E-state index contributed by atoms with van der Waals surface area (Å²) in [7, 11) is 0. The van der Waals surface area contributed by atoms with Gasteiger partial charge >= 0.3 is 6.03 Å². The summed E-state index contributed by atoms with van der Waals surface area (Å²) >= 11 is 0. The van der Waals surface area contributed by atoms with Crippen LogP contribution in [-0.2, 0) is 6.42 Å². The zero-order chi connectivity index (χ0) is 19.1. The summed E-state index contributed by atoms with van der Waals surface area (Å²) in [5.41, 5.74) is 3.73. The fourth-order valence-corrected chi connectivity index (χ4v) is 5.36. The number of amides is 3. The van der Waals surface area contributed by atoms with Crippen LogP contribution in [0.2, 0.25) is 0 Å². The van der Waals surface area contributed by atoms with Crippen LogP contribution in [0.15, 0.2) is 48.5 Å². The van der Waals surface area contributed by atoms with Crippen molar-refractivity contribution in [3.63, 3.8) is 0 Å². The molecule has 1 saturated heterocycles. The maximum Gasteiger partial charge on any atom is 0.322 e. The van der Waals surface area contributed by atoms with Gasteiger partial charge in [0.2, 0.25) is 0 Å². The highest BCUT2D eigenvalue weighted by Gasteiger charge is 2.46. The van der Waals surface area contributed by atoms with E-state index >= 15 is 0 Å². The molecule has 5 heteroatoms. The molecule has 28 heavy (non-hydrogen) atoms. The molecule has 0 radical (unpaired) electrons. The van der Waals surface area contributed by atoms with Crippen LogP contribution in [0.4, 0.5) is 10.5 Å². The van der Waals surface area contributed by atoms with Crippen LogP contribution in [0.3, 0.4) is 0 Å². The number of benzene rings is 2. The Morgan fingerprint density at radius 2 is 1.93 bits per heavy atom. The highest BCUT2D eigenvalue weighted by Crippen LogP contribution is 2.46. The summed E-state index contributed by atoms with van der Waals surface area (Å²) in [5, 5.41) is 5.99. The quantitative estimate of drug-likeness (QED) is 0.839. The van der Waals surface area contributed by atoms with Crippen LogP contribution in [0.25, 0.3) is 0 Å². The van der Waals surface area contributed by atoms with Crippen molar-refractivity contribution in [2.45, 2.75) is 37.6 Å². The maximum atomic E-state index is 13.2. The normalized spacial score (nSPS) is 25.8. The lowest BCUT2D eigenvalue weighted by Crippen LogP contribution is -2.40. The van der Waals surface area contributed by atoms with Gasteiger partial charge in [-0.1, -0.05) is 42.8 Å². The molecule has 144 valence electrons. The van der Waals surface area contributed by atoms with Crippen LogP contribution in [0, 0.1) is 5.92 Å². The van der Waals surface area contributed by atoms with Gasteiger partial charge in [-0.2, -0.15) is 0 Å². The van der Waals surface area contributed by atoms with E-state index in [4.69, 9.17) is 0 Å². The molecule has 3 amide bonds. The minimum atomic E-state index is -0.0569. The third-order valence-corrected chi connectivity index (χ3v) is 6.65. The van der Waals surface area contributed by atoms with Crippen LogP contribution in [0.5, 0.6) is 0 Å². The highest BCUT2D eigenvalue weighted by molar-refractivity contribution is 6.00. The zero-order valence-electron chi connectivity index (χ0n) is 15.9. The van der Waals surface area contributed by atoms with Gasteiger partial charge in [0.1, 0.15) is 0 Å². The molecule has 3 atom stereocenters. The number of carbonyl (C=O) groups is 2. The van der Waals surface area contributed by atoms with Crippen molar-refractivity contribution in [3.05, 3.63) is 65.2 Å². The smallest absolute Gasteiger partial charge is 0.322 e. The Hall–Kier alpha value is -2.82. The third kappa shape index (κ3) is 2.86. The average molecular weight is 375 g/mol. The second-order valence-electron chi connectivity index (χ2n) is 8.10. The Morgan fingerprint density at radius 1 is 1.07 bits per heavy atom. The van der Waals surface area contributed by atoms with E-state index in [2.05, 4.69) is 34.9 Å². The molecule has 1 saturated carbocycles. The van der Waals surface area contributed by atoms with Crippen molar-refractivity contribution < 1.29 is 9.59 Å². The van der Waals surface area contributed by atoms with Gasteiger partial charge in [0.05, 0.1) is 0 Å². The maximum absolute atomic E-state index is 13.2. The average Bonchev–Trinajstić information content (AvgIpc) is 3.32. The van der Waals surface area contributed by atoms with Gasteiger partial charge in [-0.3, -0.25) is 4.79 Å². The lowest BCUT2D eigenvalue weighted by Gasteiger charge is -2.26. The molecule has 3 aliphatic rings. The first-order valence-corrected chi connectivity index (χ1v) is 10.2. The van der Waals surface area contributed by atoms with E-state index in [0.717, 1.165) is 30.6 Å². The molecule has 5 nitrogen and oxygen atoms in total. The Kier molecular flexibility index (Phi) is 4.30. The number of nitrogens with zero attached hydrogens (tertiary/aromatic N) is 1. The molecule has 2 heterocycles. The van der Waals surface area contributed by atoms with Crippen LogP contribution >= 0.6 is 0 Å². The third-order valence-electron chi connectivity index (χ3n) is 6.65. The number of hydrogen-bond donors (Lipinski definition) is 2. The van der Waals surface area contributed by atoms with E-state index in [0.29, 0.717) is 30.0 Å². The van der Waals surface area contributed by atoms with E-state index in [1.807, 2.05) is 29.2 Å². The minimum Gasteiger partial charge on any atom is -0.352 e. The number of carbonyl (C=O) groups excluding carboxylic acids is 2. The Bertz CT molecular complexity index is 911. The number of anilines is 1. The Morgan fingerprint density at radius 3 is 2.79 bits per heavy atom. The minimum absolute atomic E-state index is 0.0327. The summed E-state index contributed by atoms with van der Waals surface area (Å²) in [6.07, 6.45) is 4.20. The molecule has 0 aromatic heterocycles. The Balaban J connectivity index is 1.39. The van der Waals surface area contributed by atoms with E-state index in [9.17, 15) is 9.59 Å². The van der Waals surface area contributed by atoms with Crippen LogP contribution < -0.4 is 10.6 Å². The van der Waals surface area contributed by atoms with Gasteiger partial charge in [-0.15, -0.1) is 0 Å². The van der Waals surface area contributed by atoms with Crippen molar-refractivity contribution in [1.82, 2.24) is 10.2 Å². The molecular formula is C23H25N3O2. The summed E-state index contributed by atoms with van der Waals surface area (Å²) < 4.78 is 0. The Labute approximate surface area is 165 Å². The molecule has 1 aliphatic carbocycles. The molecule has 2 aromatic rings. The number of urea groups is 1. The van der Waals surface area contributed by atoms with Gasteiger partial charge in [-0.25, -0.2) is 4.79 Å². The first kappa shape index (κ1) is 17.3. The number of nitrogens with one attached hydrogen (secondary N) is 2. The fraction of sp³-hybridized carbons (Fsp3) is 0.391. The molecule has 0 bridgehead atoms. The SMILES string of the molecule is O=C1NCCc2c(NC(=O)N3CC(c4ccccc4)C4CCCC43)cccc21. The number of rotatable bonds is 2.